The topological polar surface area (TPSA) is 63.9 Å². The minimum atomic E-state index is 0.0261. The summed E-state index contributed by atoms with van der Waals surface area (Å²) in [5.74, 6) is 0.222. The van der Waals surface area contributed by atoms with Gasteiger partial charge in [-0.3, -0.25) is 19.4 Å². The average molecular weight is 458 g/mol. The van der Waals surface area contributed by atoms with E-state index in [1.54, 1.807) is 23.1 Å². The number of rotatable bonds is 4. The molecule has 1 saturated heterocycles. The largest absolute Gasteiger partial charge is 0.338 e. The van der Waals surface area contributed by atoms with E-state index >= 15 is 0 Å². The molecule has 0 bridgehead atoms. The lowest BCUT2D eigenvalue weighted by Gasteiger charge is -2.32. The van der Waals surface area contributed by atoms with Crippen molar-refractivity contribution in [1.82, 2.24) is 24.6 Å². The van der Waals surface area contributed by atoms with Crippen LogP contribution in [0.1, 0.15) is 34.8 Å². The molecule has 166 valence electrons. The van der Waals surface area contributed by atoms with Gasteiger partial charge in [0.2, 0.25) is 0 Å². The van der Waals surface area contributed by atoms with E-state index in [9.17, 15) is 4.79 Å². The number of piperidine rings is 1. The van der Waals surface area contributed by atoms with Crippen molar-refractivity contribution >= 4 is 17.5 Å². The Morgan fingerprint density at radius 3 is 2.76 bits per heavy atom. The number of carbonyl (C=O) groups is 1. The molecule has 1 atom stereocenters. The summed E-state index contributed by atoms with van der Waals surface area (Å²) < 4.78 is 1.73. The highest BCUT2D eigenvalue weighted by Crippen LogP contribution is 2.29. The number of carbonyl (C=O) groups excluding carboxylic acids is 1. The second kappa shape index (κ2) is 9.16. The molecule has 1 fully saturated rings. The van der Waals surface area contributed by atoms with Crippen LogP contribution in [0.25, 0.3) is 22.5 Å². The van der Waals surface area contributed by atoms with Gasteiger partial charge in [-0.05, 0) is 49.2 Å². The summed E-state index contributed by atoms with van der Waals surface area (Å²) >= 11 is 6.17. The number of hydrogen-bond donors (Lipinski definition) is 0. The number of nitrogens with zero attached hydrogens (tertiary/aromatic N) is 5. The molecule has 0 spiro atoms. The van der Waals surface area contributed by atoms with Crippen LogP contribution in [0.5, 0.6) is 0 Å². The monoisotopic (exact) mass is 457 g/mol. The normalized spacial score (nSPS) is 16.1. The molecular formula is C26H24ClN5O. The van der Waals surface area contributed by atoms with Crippen molar-refractivity contribution in [3.05, 3.63) is 89.5 Å². The van der Waals surface area contributed by atoms with Gasteiger partial charge in [0, 0.05) is 65.9 Å². The first-order valence-electron chi connectivity index (χ1n) is 11.0. The molecule has 0 radical (unpaired) electrons. The van der Waals surface area contributed by atoms with Crippen molar-refractivity contribution in [3.8, 4) is 22.5 Å². The SMILES string of the molecule is Cn1cc(-c2cc(C(=O)N3CCC[C@H](c4cccc(-c5cccc(Cl)c5)n4)C3)ccn2)cn1. The van der Waals surface area contributed by atoms with E-state index in [1.807, 2.05) is 60.6 Å². The molecule has 1 amide bonds. The van der Waals surface area contributed by atoms with E-state index < -0.39 is 0 Å². The summed E-state index contributed by atoms with van der Waals surface area (Å²) in [4.78, 5) is 24.6. The Morgan fingerprint density at radius 2 is 1.94 bits per heavy atom. The highest BCUT2D eigenvalue weighted by molar-refractivity contribution is 6.30. The lowest BCUT2D eigenvalue weighted by molar-refractivity contribution is 0.0706. The van der Waals surface area contributed by atoms with E-state index in [0.717, 1.165) is 47.6 Å². The number of halogens is 1. The lowest BCUT2D eigenvalue weighted by atomic mass is 9.93. The minimum Gasteiger partial charge on any atom is -0.338 e. The van der Waals surface area contributed by atoms with E-state index in [4.69, 9.17) is 16.6 Å². The smallest absolute Gasteiger partial charge is 0.254 e. The molecule has 7 heteroatoms. The third-order valence-electron chi connectivity index (χ3n) is 6.03. The minimum absolute atomic E-state index is 0.0261. The molecule has 1 aliphatic heterocycles. The molecular weight excluding hydrogens is 434 g/mol. The van der Waals surface area contributed by atoms with Crippen LogP contribution in [0.2, 0.25) is 5.02 Å². The molecule has 0 aliphatic carbocycles. The van der Waals surface area contributed by atoms with Gasteiger partial charge >= 0.3 is 0 Å². The van der Waals surface area contributed by atoms with Crippen LogP contribution in [-0.4, -0.2) is 43.6 Å². The van der Waals surface area contributed by atoms with E-state index in [-0.39, 0.29) is 11.8 Å². The van der Waals surface area contributed by atoms with Crippen LogP contribution in [0, 0.1) is 0 Å². The lowest BCUT2D eigenvalue weighted by Crippen LogP contribution is -2.39. The summed E-state index contributed by atoms with van der Waals surface area (Å²) in [5, 5.41) is 4.89. The highest BCUT2D eigenvalue weighted by atomic mass is 35.5. The molecule has 0 unspecified atom stereocenters. The first kappa shape index (κ1) is 21.3. The fraction of sp³-hybridized carbons (Fsp3) is 0.231. The number of amides is 1. The van der Waals surface area contributed by atoms with Crippen molar-refractivity contribution in [2.45, 2.75) is 18.8 Å². The second-order valence-corrected chi connectivity index (χ2v) is 8.82. The van der Waals surface area contributed by atoms with Crippen molar-refractivity contribution in [2.75, 3.05) is 13.1 Å². The van der Waals surface area contributed by atoms with Crippen molar-refractivity contribution in [3.63, 3.8) is 0 Å². The molecule has 33 heavy (non-hydrogen) atoms. The Bertz CT molecular complexity index is 1300. The zero-order valence-corrected chi connectivity index (χ0v) is 19.1. The first-order chi connectivity index (χ1) is 16.1. The zero-order valence-electron chi connectivity index (χ0n) is 18.4. The summed E-state index contributed by atoms with van der Waals surface area (Å²) in [6, 6.07) is 17.4. The van der Waals surface area contributed by atoms with Gasteiger partial charge in [0.05, 0.1) is 17.6 Å². The highest BCUT2D eigenvalue weighted by Gasteiger charge is 2.27. The van der Waals surface area contributed by atoms with Gasteiger partial charge in [0.1, 0.15) is 0 Å². The van der Waals surface area contributed by atoms with E-state index in [0.29, 0.717) is 17.1 Å². The number of benzene rings is 1. The Kier molecular flexibility index (Phi) is 5.92. The maximum Gasteiger partial charge on any atom is 0.254 e. The van der Waals surface area contributed by atoms with Crippen molar-refractivity contribution in [1.29, 1.82) is 0 Å². The van der Waals surface area contributed by atoms with Crippen molar-refractivity contribution in [2.24, 2.45) is 7.05 Å². The molecule has 1 aliphatic rings. The fourth-order valence-corrected chi connectivity index (χ4v) is 4.54. The van der Waals surface area contributed by atoms with E-state index in [2.05, 4.69) is 16.1 Å². The summed E-state index contributed by atoms with van der Waals surface area (Å²) in [6.07, 6.45) is 7.29. The molecule has 6 nitrogen and oxygen atoms in total. The van der Waals surface area contributed by atoms with Gasteiger partial charge in [-0.25, -0.2) is 0 Å². The number of hydrogen-bond acceptors (Lipinski definition) is 4. The third kappa shape index (κ3) is 4.66. The third-order valence-corrected chi connectivity index (χ3v) is 6.26. The summed E-state index contributed by atoms with van der Waals surface area (Å²) in [7, 11) is 1.86. The van der Waals surface area contributed by atoms with Gasteiger partial charge in [0.15, 0.2) is 0 Å². The molecule has 3 aromatic heterocycles. The second-order valence-electron chi connectivity index (χ2n) is 8.38. The quantitative estimate of drug-likeness (QED) is 0.421. The fourth-order valence-electron chi connectivity index (χ4n) is 4.35. The summed E-state index contributed by atoms with van der Waals surface area (Å²) in [6.45, 7) is 1.39. The number of likely N-dealkylation sites (tertiary alicyclic amines) is 1. The summed E-state index contributed by atoms with van der Waals surface area (Å²) in [5.41, 5.74) is 5.19. The van der Waals surface area contributed by atoms with Crippen LogP contribution < -0.4 is 0 Å². The number of aryl methyl sites for hydroxylation is 1. The first-order valence-corrected chi connectivity index (χ1v) is 11.4. The van der Waals surface area contributed by atoms with Crippen LogP contribution >= 0.6 is 11.6 Å². The Morgan fingerprint density at radius 1 is 1.06 bits per heavy atom. The predicted octanol–water partition coefficient (Wildman–Crippen LogP) is 5.22. The zero-order chi connectivity index (χ0) is 22.8. The van der Waals surface area contributed by atoms with Gasteiger partial charge in [-0.2, -0.15) is 5.10 Å². The Labute approximate surface area is 197 Å². The average Bonchev–Trinajstić information content (AvgIpc) is 3.30. The Hall–Kier alpha value is -3.51. The van der Waals surface area contributed by atoms with Gasteiger partial charge in [-0.15, -0.1) is 0 Å². The molecule has 4 aromatic rings. The van der Waals surface area contributed by atoms with Crippen molar-refractivity contribution < 1.29 is 4.79 Å². The van der Waals surface area contributed by atoms with Gasteiger partial charge in [-0.1, -0.05) is 29.8 Å². The molecule has 0 N–H and O–H groups in total. The Balaban J connectivity index is 1.35. The van der Waals surface area contributed by atoms with Gasteiger partial charge < -0.3 is 4.90 Å². The van der Waals surface area contributed by atoms with Crippen LogP contribution in [0.15, 0.2) is 73.2 Å². The van der Waals surface area contributed by atoms with Crippen LogP contribution in [-0.2, 0) is 7.05 Å². The van der Waals surface area contributed by atoms with Crippen LogP contribution in [0.4, 0.5) is 0 Å². The van der Waals surface area contributed by atoms with Gasteiger partial charge in [0.25, 0.3) is 5.91 Å². The molecule has 0 saturated carbocycles. The maximum atomic E-state index is 13.3. The number of aromatic nitrogens is 4. The molecule has 5 rings (SSSR count). The van der Waals surface area contributed by atoms with Crippen LogP contribution in [0.3, 0.4) is 0 Å². The predicted molar refractivity (Wildman–Crippen MR) is 129 cm³/mol. The number of pyridine rings is 2. The molecule has 4 heterocycles. The standard InChI is InChI=1S/C26H24ClN5O/c1-31-16-21(15-29-31)25-14-19(10-11-28-25)26(33)32-12-4-6-20(17-32)24-9-3-8-23(30-24)18-5-2-7-22(27)13-18/h2-3,5,7-11,13-16,20H,4,6,12,17H2,1H3/t20-/m0/s1. The van der Waals surface area contributed by atoms with E-state index in [1.165, 1.54) is 0 Å². The maximum absolute atomic E-state index is 13.3. The molecule has 1 aromatic carbocycles.